The van der Waals surface area contributed by atoms with Crippen LogP contribution in [0.1, 0.15) is 25.3 Å². The van der Waals surface area contributed by atoms with Crippen LogP contribution >= 0.6 is 0 Å². The van der Waals surface area contributed by atoms with Gasteiger partial charge in [-0.3, -0.25) is 14.7 Å². The smallest absolute Gasteiger partial charge is 0.181 e. The molecule has 0 saturated carbocycles. The summed E-state index contributed by atoms with van der Waals surface area (Å²) in [6.07, 6.45) is 1.55. The molecule has 112 valence electrons. The maximum atomic E-state index is 5.26. The van der Waals surface area contributed by atoms with Gasteiger partial charge in [0, 0.05) is 57.9 Å². The number of likely N-dealkylation sites (tertiary alicyclic amines) is 1. The average Bonchev–Trinajstić information content (AvgIpc) is 2.79. The Labute approximate surface area is 121 Å². The summed E-state index contributed by atoms with van der Waals surface area (Å²) in [4.78, 5) is 12.0. The van der Waals surface area contributed by atoms with Gasteiger partial charge in [-0.2, -0.15) is 0 Å². The lowest BCUT2D eigenvalue weighted by Crippen LogP contribution is -2.63. The van der Waals surface area contributed by atoms with Gasteiger partial charge in [0.25, 0.3) is 0 Å². The summed E-state index contributed by atoms with van der Waals surface area (Å²) in [5, 5.41) is 0. The molecule has 0 aliphatic carbocycles. The average molecular weight is 278 g/mol. The zero-order valence-electron chi connectivity index (χ0n) is 12.9. The van der Waals surface area contributed by atoms with Gasteiger partial charge in [-0.15, -0.1) is 0 Å². The van der Waals surface area contributed by atoms with E-state index < -0.39 is 0 Å². The van der Waals surface area contributed by atoms with Crippen molar-refractivity contribution in [2.75, 3.05) is 39.3 Å². The lowest BCUT2D eigenvalue weighted by molar-refractivity contribution is -0.00471. The summed E-state index contributed by atoms with van der Waals surface area (Å²) >= 11 is 0. The molecule has 0 unspecified atom stereocenters. The summed E-state index contributed by atoms with van der Waals surface area (Å²) in [6.45, 7) is 14.7. The fourth-order valence-electron chi connectivity index (χ4n) is 3.21. The van der Waals surface area contributed by atoms with Crippen molar-refractivity contribution < 1.29 is 4.42 Å². The predicted octanol–water partition coefficient (Wildman–Crippen LogP) is 1.19. The molecule has 3 heterocycles. The lowest BCUT2D eigenvalue weighted by atomic mass is 10.1. The third-order valence-corrected chi connectivity index (χ3v) is 4.75. The van der Waals surface area contributed by atoms with E-state index in [1.807, 2.05) is 6.92 Å². The fourth-order valence-corrected chi connectivity index (χ4v) is 3.21. The molecule has 2 fully saturated rings. The van der Waals surface area contributed by atoms with Gasteiger partial charge in [0.05, 0.1) is 5.69 Å². The maximum absolute atomic E-state index is 5.26. The summed E-state index contributed by atoms with van der Waals surface area (Å²) in [6, 6.07) is 1.43. The Bertz CT molecular complexity index is 431. The molecule has 20 heavy (non-hydrogen) atoms. The number of nitrogens with zero attached hydrogens (tertiary/aromatic N) is 4. The van der Waals surface area contributed by atoms with Gasteiger partial charge < -0.3 is 4.42 Å². The van der Waals surface area contributed by atoms with E-state index in [-0.39, 0.29) is 0 Å². The minimum atomic E-state index is 0.685. The van der Waals surface area contributed by atoms with Crippen LogP contribution < -0.4 is 0 Å². The molecule has 0 aromatic carbocycles. The number of hydrogen-bond donors (Lipinski definition) is 0. The van der Waals surface area contributed by atoms with Crippen LogP contribution in [0.15, 0.2) is 10.8 Å². The number of aromatic nitrogens is 1. The first-order chi connectivity index (χ1) is 9.63. The van der Waals surface area contributed by atoms with Crippen molar-refractivity contribution in [3.63, 3.8) is 0 Å². The van der Waals surface area contributed by atoms with Crippen LogP contribution in [0.25, 0.3) is 0 Å². The van der Waals surface area contributed by atoms with E-state index in [9.17, 15) is 0 Å². The first kappa shape index (κ1) is 14.0. The van der Waals surface area contributed by atoms with Gasteiger partial charge in [0.1, 0.15) is 5.76 Å². The molecule has 0 N–H and O–H groups in total. The molecule has 2 saturated heterocycles. The van der Waals surface area contributed by atoms with E-state index in [4.69, 9.17) is 4.42 Å². The maximum Gasteiger partial charge on any atom is 0.181 e. The van der Waals surface area contributed by atoms with Crippen LogP contribution in [0.4, 0.5) is 0 Å². The molecule has 0 radical (unpaired) electrons. The number of aryl methyl sites for hydroxylation is 1. The molecule has 1 aromatic rings. The van der Waals surface area contributed by atoms with Crippen LogP contribution in [-0.4, -0.2) is 71.0 Å². The van der Waals surface area contributed by atoms with Gasteiger partial charge in [0.15, 0.2) is 6.39 Å². The van der Waals surface area contributed by atoms with Crippen LogP contribution in [0.2, 0.25) is 0 Å². The first-order valence-corrected chi connectivity index (χ1v) is 7.73. The highest BCUT2D eigenvalue weighted by atomic mass is 16.3. The van der Waals surface area contributed by atoms with Crippen LogP contribution in [0.3, 0.4) is 0 Å². The summed E-state index contributed by atoms with van der Waals surface area (Å²) in [5.41, 5.74) is 1.09. The van der Waals surface area contributed by atoms with E-state index in [1.165, 1.54) is 39.3 Å². The van der Waals surface area contributed by atoms with Crippen LogP contribution in [0.5, 0.6) is 0 Å². The highest BCUT2D eigenvalue weighted by Gasteiger charge is 2.34. The van der Waals surface area contributed by atoms with Crippen molar-refractivity contribution in [2.24, 2.45) is 0 Å². The number of hydrogen-bond acceptors (Lipinski definition) is 5. The largest absolute Gasteiger partial charge is 0.448 e. The van der Waals surface area contributed by atoms with Crippen LogP contribution in [0, 0.1) is 6.92 Å². The standard InChI is InChI=1S/C15H26N4O/c1-12(2)18-4-6-19(7-5-18)14-8-17(9-14)10-15-13(3)20-11-16-15/h11-12,14H,4-10H2,1-3H3. The Morgan fingerprint density at radius 3 is 2.50 bits per heavy atom. The van der Waals surface area contributed by atoms with E-state index in [0.717, 1.165) is 24.0 Å². The monoisotopic (exact) mass is 278 g/mol. The second-order valence-corrected chi connectivity index (χ2v) is 6.37. The predicted molar refractivity (Wildman–Crippen MR) is 78.6 cm³/mol. The third kappa shape index (κ3) is 2.90. The SMILES string of the molecule is Cc1ocnc1CN1CC(N2CCN(C(C)C)CC2)C1. The molecule has 2 aliphatic heterocycles. The Kier molecular flexibility index (Phi) is 4.10. The molecule has 2 aliphatic rings. The summed E-state index contributed by atoms with van der Waals surface area (Å²) < 4.78 is 5.26. The molecule has 1 aromatic heterocycles. The highest BCUT2D eigenvalue weighted by Crippen LogP contribution is 2.20. The molecule has 0 bridgehead atoms. The van der Waals surface area contributed by atoms with E-state index in [1.54, 1.807) is 6.39 Å². The Morgan fingerprint density at radius 2 is 1.95 bits per heavy atom. The van der Waals surface area contributed by atoms with Crippen molar-refractivity contribution in [2.45, 2.75) is 39.4 Å². The van der Waals surface area contributed by atoms with Crippen molar-refractivity contribution in [3.8, 4) is 0 Å². The highest BCUT2D eigenvalue weighted by molar-refractivity contribution is 5.06. The zero-order valence-corrected chi connectivity index (χ0v) is 12.9. The molecule has 5 nitrogen and oxygen atoms in total. The van der Waals surface area contributed by atoms with Crippen molar-refractivity contribution in [3.05, 3.63) is 17.8 Å². The van der Waals surface area contributed by atoms with E-state index in [0.29, 0.717) is 6.04 Å². The normalized spacial score (nSPS) is 23.4. The number of piperazine rings is 1. The Morgan fingerprint density at radius 1 is 1.25 bits per heavy atom. The third-order valence-electron chi connectivity index (χ3n) is 4.75. The molecule has 0 spiro atoms. The van der Waals surface area contributed by atoms with Crippen molar-refractivity contribution in [1.82, 2.24) is 19.7 Å². The number of rotatable bonds is 4. The topological polar surface area (TPSA) is 35.8 Å². The first-order valence-electron chi connectivity index (χ1n) is 7.73. The number of oxazole rings is 1. The zero-order chi connectivity index (χ0) is 14.1. The lowest BCUT2D eigenvalue weighted by Gasteiger charge is -2.48. The van der Waals surface area contributed by atoms with Gasteiger partial charge in [-0.25, -0.2) is 4.98 Å². The Balaban J connectivity index is 1.41. The van der Waals surface area contributed by atoms with Gasteiger partial charge in [0.2, 0.25) is 0 Å². The minimum absolute atomic E-state index is 0.685. The van der Waals surface area contributed by atoms with Crippen molar-refractivity contribution in [1.29, 1.82) is 0 Å². The summed E-state index contributed by atoms with van der Waals surface area (Å²) in [5.74, 6) is 0.957. The molecule has 0 amide bonds. The molecular weight excluding hydrogens is 252 g/mol. The van der Waals surface area contributed by atoms with Gasteiger partial charge >= 0.3 is 0 Å². The molecule has 5 heteroatoms. The fraction of sp³-hybridized carbons (Fsp3) is 0.800. The van der Waals surface area contributed by atoms with E-state index >= 15 is 0 Å². The van der Waals surface area contributed by atoms with Gasteiger partial charge in [-0.05, 0) is 20.8 Å². The molecule has 3 rings (SSSR count). The minimum Gasteiger partial charge on any atom is -0.448 e. The Hall–Kier alpha value is -0.910. The second kappa shape index (κ2) is 5.84. The second-order valence-electron chi connectivity index (χ2n) is 6.37. The summed E-state index contributed by atoms with van der Waals surface area (Å²) in [7, 11) is 0. The van der Waals surface area contributed by atoms with Gasteiger partial charge in [-0.1, -0.05) is 0 Å². The van der Waals surface area contributed by atoms with Crippen molar-refractivity contribution >= 4 is 0 Å². The quantitative estimate of drug-likeness (QED) is 0.827. The molecule has 0 atom stereocenters. The van der Waals surface area contributed by atoms with E-state index in [2.05, 4.69) is 33.5 Å². The van der Waals surface area contributed by atoms with Crippen LogP contribution in [-0.2, 0) is 6.54 Å². The molecular formula is C15H26N4O.